The van der Waals surface area contributed by atoms with Crippen molar-refractivity contribution in [3.63, 3.8) is 0 Å². The average molecular weight is 362 g/mol. The highest BCUT2D eigenvalue weighted by Gasteiger charge is 2.21. The molecule has 1 saturated heterocycles. The number of carbonyl (C=O) groups is 1. The monoisotopic (exact) mass is 361 g/mol. The van der Waals surface area contributed by atoms with Crippen molar-refractivity contribution in [1.29, 1.82) is 0 Å². The normalized spacial score (nSPS) is 16.8. The van der Waals surface area contributed by atoms with Gasteiger partial charge in [-0.15, -0.1) is 0 Å². The van der Waals surface area contributed by atoms with Crippen LogP contribution < -0.4 is 5.32 Å². The lowest BCUT2D eigenvalue weighted by Crippen LogP contribution is -2.50. The molecule has 0 unspecified atom stereocenters. The van der Waals surface area contributed by atoms with E-state index in [1.807, 2.05) is 36.1 Å². The van der Waals surface area contributed by atoms with Crippen molar-refractivity contribution >= 4 is 17.5 Å². The van der Waals surface area contributed by atoms with Crippen LogP contribution in [0.25, 0.3) is 0 Å². The van der Waals surface area contributed by atoms with Gasteiger partial charge in [0.1, 0.15) is 5.76 Å². The van der Waals surface area contributed by atoms with E-state index < -0.39 is 0 Å². The van der Waals surface area contributed by atoms with E-state index in [0.717, 1.165) is 43.5 Å². The lowest BCUT2D eigenvalue weighted by Gasteiger charge is -2.35. The van der Waals surface area contributed by atoms with E-state index in [1.54, 1.807) is 6.26 Å². The number of piperazine rings is 1. The number of rotatable bonds is 6. The van der Waals surface area contributed by atoms with Crippen LogP contribution in [-0.4, -0.2) is 48.4 Å². The Labute approximate surface area is 153 Å². The summed E-state index contributed by atoms with van der Waals surface area (Å²) in [5.41, 5.74) is 1.25. The standard InChI is InChI=1S/C19H24ClN3O2/c1-15(18-3-2-12-25-18)21-13-19(24)23-10-8-22(9-11-23)14-16-4-6-17(20)7-5-16/h2-7,12,15,21H,8-11,13-14H2,1H3/t15-/m0/s1. The molecule has 1 N–H and O–H groups in total. The van der Waals surface area contributed by atoms with Crippen molar-refractivity contribution in [3.8, 4) is 0 Å². The Morgan fingerprint density at radius 2 is 1.92 bits per heavy atom. The van der Waals surface area contributed by atoms with Crippen molar-refractivity contribution in [1.82, 2.24) is 15.1 Å². The third kappa shape index (κ3) is 5.08. The van der Waals surface area contributed by atoms with E-state index in [4.69, 9.17) is 16.0 Å². The Bertz CT molecular complexity index is 664. The SMILES string of the molecule is C[C@H](NCC(=O)N1CCN(Cc2ccc(Cl)cc2)CC1)c1ccco1. The highest BCUT2D eigenvalue weighted by atomic mass is 35.5. The second kappa shape index (κ2) is 8.52. The van der Waals surface area contributed by atoms with Gasteiger partial charge in [-0.25, -0.2) is 0 Å². The molecular weight excluding hydrogens is 338 g/mol. The van der Waals surface area contributed by atoms with Gasteiger partial charge in [-0.2, -0.15) is 0 Å². The number of hydrogen-bond acceptors (Lipinski definition) is 4. The first-order valence-corrected chi connectivity index (χ1v) is 9.01. The maximum Gasteiger partial charge on any atom is 0.236 e. The van der Waals surface area contributed by atoms with Gasteiger partial charge in [0.25, 0.3) is 0 Å². The van der Waals surface area contributed by atoms with Gasteiger partial charge in [0.05, 0.1) is 18.8 Å². The number of halogens is 1. The molecule has 0 saturated carbocycles. The largest absolute Gasteiger partial charge is 0.468 e. The van der Waals surface area contributed by atoms with Crippen LogP contribution in [0.15, 0.2) is 47.1 Å². The van der Waals surface area contributed by atoms with Crippen LogP contribution >= 0.6 is 11.6 Å². The number of furan rings is 1. The third-order valence-corrected chi connectivity index (χ3v) is 4.83. The molecule has 1 amide bonds. The summed E-state index contributed by atoms with van der Waals surface area (Å²) >= 11 is 5.92. The highest BCUT2D eigenvalue weighted by molar-refractivity contribution is 6.30. The minimum absolute atomic E-state index is 0.0325. The molecule has 1 aromatic heterocycles. The summed E-state index contributed by atoms with van der Waals surface area (Å²) in [4.78, 5) is 16.7. The number of hydrogen-bond donors (Lipinski definition) is 1. The van der Waals surface area contributed by atoms with Crippen LogP contribution in [0.2, 0.25) is 5.02 Å². The Morgan fingerprint density at radius 3 is 2.56 bits per heavy atom. The molecule has 2 aromatic rings. The van der Waals surface area contributed by atoms with Gasteiger partial charge in [0.15, 0.2) is 0 Å². The zero-order valence-electron chi connectivity index (χ0n) is 14.5. The average Bonchev–Trinajstić information content (AvgIpc) is 3.17. The lowest BCUT2D eigenvalue weighted by atomic mass is 10.2. The van der Waals surface area contributed by atoms with Crippen LogP contribution in [-0.2, 0) is 11.3 Å². The Balaban J connectivity index is 1.40. The Kier molecular flexibility index (Phi) is 6.13. The molecular formula is C19H24ClN3O2. The fraction of sp³-hybridized carbons (Fsp3) is 0.421. The molecule has 1 fully saturated rings. The Morgan fingerprint density at radius 1 is 1.20 bits per heavy atom. The first kappa shape index (κ1) is 18.0. The first-order valence-electron chi connectivity index (χ1n) is 8.63. The van der Waals surface area contributed by atoms with E-state index in [9.17, 15) is 4.79 Å². The zero-order valence-corrected chi connectivity index (χ0v) is 15.2. The molecule has 2 heterocycles. The summed E-state index contributed by atoms with van der Waals surface area (Å²) in [5, 5.41) is 3.99. The van der Waals surface area contributed by atoms with Crippen molar-refractivity contribution < 1.29 is 9.21 Å². The predicted octanol–water partition coefficient (Wildman–Crippen LogP) is 2.93. The minimum atomic E-state index is 0.0325. The number of benzene rings is 1. The number of nitrogens with zero attached hydrogens (tertiary/aromatic N) is 2. The van der Waals surface area contributed by atoms with E-state index >= 15 is 0 Å². The molecule has 6 heteroatoms. The van der Waals surface area contributed by atoms with Crippen LogP contribution in [0.3, 0.4) is 0 Å². The van der Waals surface area contributed by atoms with Crippen molar-refractivity contribution in [2.24, 2.45) is 0 Å². The van der Waals surface area contributed by atoms with Crippen LogP contribution in [0, 0.1) is 0 Å². The molecule has 0 radical (unpaired) electrons. The number of carbonyl (C=O) groups excluding carboxylic acids is 1. The summed E-state index contributed by atoms with van der Waals surface area (Å²) < 4.78 is 5.35. The van der Waals surface area contributed by atoms with Crippen molar-refractivity contribution in [2.75, 3.05) is 32.7 Å². The number of nitrogens with one attached hydrogen (secondary N) is 1. The van der Waals surface area contributed by atoms with Crippen LogP contribution in [0.1, 0.15) is 24.3 Å². The van der Waals surface area contributed by atoms with E-state index in [0.29, 0.717) is 6.54 Å². The van der Waals surface area contributed by atoms with Crippen molar-refractivity contribution in [2.45, 2.75) is 19.5 Å². The minimum Gasteiger partial charge on any atom is -0.468 e. The number of amides is 1. The van der Waals surface area contributed by atoms with E-state index in [2.05, 4.69) is 22.3 Å². The molecule has 0 aliphatic carbocycles. The molecule has 0 spiro atoms. The molecule has 0 bridgehead atoms. The van der Waals surface area contributed by atoms with E-state index in [1.165, 1.54) is 5.56 Å². The predicted molar refractivity (Wildman–Crippen MR) is 98.4 cm³/mol. The van der Waals surface area contributed by atoms with Gasteiger partial charge in [-0.05, 0) is 36.8 Å². The molecule has 134 valence electrons. The van der Waals surface area contributed by atoms with E-state index in [-0.39, 0.29) is 11.9 Å². The fourth-order valence-corrected chi connectivity index (χ4v) is 3.12. The van der Waals surface area contributed by atoms with Gasteiger partial charge < -0.3 is 9.32 Å². The maximum absolute atomic E-state index is 12.4. The highest BCUT2D eigenvalue weighted by Crippen LogP contribution is 2.14. The first-order chi connectivity index (χ1) is 12.1. The fourth-order valence-electron chi connectivity index (χ4n) is 2.99. The molecule has 1 atom stereocenters. The van der Waals surface area contributed by atoms with Gasteiger partial charge >= 0.3 is 0 Å². The van der Waals surface area contributed by atoms with Gasteiger partial charge in [-0.3, -0.25) is 15.0 Å². The zero-order chi connectivity index (χ0) is 17.6. The molecule has 25 heavy (non-hydrogen) atoms. The Hall–Kier alpha value is -1.82. The molecule has 1 aromatic carbocycles. The molecule has 5 nitrogen and oxygen atoms in total. The van der Waals surface area contributed by atoms with Crippen molar-refractivity contribution in [3.05, 3.63) is 59.0 Å². The third-order valence-electron chi connectivity index (χ3n) is 4.57. The van der Waals surface area contributed by atoms with Gasteiger partial charge in [0, 0.05) is 37.7 Å². The summed E-state index contributed by atoms with van der Waals surface area (Å²) in [6.45, 7) is 6.54. The summed E-state index contributed by atoms with van der Waals surface area (Å²) in [6, 6.07) is 11.8. The van der Waals surface area contributed by atoms with Crippen LogP contribution in [0.4, 0.5) is 0 Å². The second-order valence-corrected chi connectivity index (χ2v) is 6.84. The topological polar surface area (TPSA) is 48.7 Å². The molecule has 1 aliphatic heterocycles. The second-order valence-electron chi connectivity index (χ2n) is 6.40. The van der Waals surface area contributed by atoms with Gasteiger partial charge in [-0.1, -0.05) is 23.7 Å². The van der Waals surface area contributed by atoms with Gasteiger partial charge in [0.2, 0.25) is 5.91 Å². The summed E-state index contributed by atoms with van der Waals surface area (Å²) in [7, 11) is 0. The molecule has 3 rings (SSSR count). The van der Waals surface area contributed by atoms with Crippen LogP contribution in [0.5, 0.6) is 0 Å². The molecule has 1 aliphatic rings. The lowest BCUT2D eigenvalue weighted by molar-refractivity contribution is -0.132. The summed E-state index contributed by atoms with van der Waals surface area (Å²) in [6.07, 6.45) is 1.65. The smallest absolute Gasteiger partial charge is 0.236 e. The quantitative estimate of drug-likeness (QED) is 0.859. The maximum atomic E-state index is 12.4. The summed E-state index contributed by atoms with van der Waals surface area (Å²) in [5.74, 6) is 0.991.